The molecule has 0 bridgehead atoms. The van der Waals surface area contributed by atoms with E-state index in [1.807, 2.05) is 12.1 Å². The Morgan fingerprint density at radius 3 is 1.19 bits per heavy atom. The Morgan fingerprint density at radius 1 is 0.452 bits per heavy atom. The highest BCUT2D eigenvalue weighted by Gasteiger charge is 2.19. The van der Waals surface area contributed by atoms with Gasteiger partial charge in [0.05, 0.1) is 22.8 Å². The van der Waals surface area contributed by atoms with Gasteiger partial charge in [-0.2, -0.15) is 0 Å². The molecule has 0 spiro atoms. The van der Waals surface area contributed by atoms with Gasteiger partial charge in [-0.3, -0.25) is 0 Å². The number of hydrogen-bond donors (Lipinski definition) is 0. The number of fused-ring (bicyclic) bond motifs is 2. The smallest absolute Gasteiger partial charge is 0.0803 e. The molecule has 0 aromatic heterocycles. The Hall–Kier alpha value is -3.78. The second kappa shape index (κ2) is 8.53. The van der Waals surface area contributed by atoms with Gasteiger partial charge in [-0.05, 0) is 26.0 Å². The van der Waals surface area contributed by atoms with E-state index in [9.17, 15) is 0 Å². The van der Waals surface area contributed by atoms with Crippen LogP contribution in [0.4, 0.5) is 11.4 Å². The van der Waals surface area contributed by atoms with Gasteiger partial charge in [0.15, 0.2) is 0 Å². The molecule has 0 N–H and O–H groups in total. The van der Waals surface area contributed by atoms with Gasteiger partial charge in [0.2, 0.25) is 0 Å². The van der Waals surface area contributed by atoms with Crippen LogP contribution in [-0.4, -0.2) is 11.4 Å². The van der Waals surface area contributed by atoms with E-state index in [1.54, 1.807) is 0 Å². The van der Waals surface area contributed by atoms with Crippen LogP contribution in [0.15, 0.2) is 107 Å². The molecule has 0 saturated carbocycles. The van der Waals surface area contributed by atoms with Crippen LogP contribution in [0.5, 0.6) is 0 Å². The van der Waals surface area contributed by atoms with Gasteiger partial charge in [-0.1, -0.05) is 103 Å². The van der Waals surface area contributed by atoms with E-state index in [4.69, 9.17) is 9.98 Å². The van der Waals surface area contributed by atoms with Crippen LogP contribution in [0.25, 0.3) is 0 Å². The molecule has 4 aromatic carbocycles. The highest BCUT2D eigenvalue weighted by Crippen LogP contribution is 2.33. The first-order valence-corrected chi connectivity index (χ1v) is 10.2. The summed E-state index contributed by atoms with van der Waals surface area (Å²) in [5.41, 5.74) is 10.5. The van der Waals surface area contributed by atoms with Gasteiger partial charge in [-0.25, -0.2) is 9.98 Å². The van der Waals surface area contributed by atoms with Crippen molar-refractivity contribution in [1.29, 1.82) is 0 Å². The summed E-state index contributed by atoms with van der Waals surface area (Å²) in [5, 5.41) is 0. The maximum Gasteiger partial charge on any atom is 0.0803 e. The summed E-state index contributed by atoms with van der Waals surface area (Å²) in [6, 6.07) is 33.6. The Kier molecular flexibility index (Phi) is 5.64. The molecule has 152 valence electrons. The third kappa shape index (κ3) is 3.97. The molecular weight excluding hydrogens is 376 g/mol. The molecule has 1 heterocycles. The van der Waals surface area contributed by atoms with Crippen LogP contribution in [0, 0.1) is 13.8 Å². The number of aliphatic imine (C=N–C) groups is 2. The average molecular weight is 403 g/mol. The third-order valence-corrected chi connectivity index (χ3v) is 5.43. The highest BCUT2D eigenvalue weighted by molar-refractivity contribution is 6.22. The van der Waals surface area contributed by atoms with Crippen molar-refractivity contribution in [1.82, 2.24) is 0 Å². The first-order chi connectivity index (χ1) is 14.7. The first-order valence-electron chi connectivity index (χ1n) is 10.2. The van der Waals surface area contributed by atoms with Gasteiger partial charge < -0.3 is 0 Å². The molecular formula is C29H26N2. The lowest BCUT2D eigenvalue weighted by atomic mass is 9.95. The average Bonchev–Trinajstić information content (AvgIpc) is 2.77. The van der Waals surface area contributed by atoms with Crippen molar-refractivity contribution < 1.29 is 0 Å². The van der Waals surface area contributed by atoms with Crippen LogP contribution >= 0.6 is 0 Å². The molecule has 5 rings (SSSR count). The summed E-state index contributed by atoms with van der Waals surface area (Å²) in [6.45, 7) is 4.20. The fraction of sp³-hybridized carbons (Fsp3) is 0.103. The van der Waals surface area contributed by atoms with E-state index in [0.29, 0.717) is 0 Å². The summed E-state index contributed by atoms with van der Waals surface area (Å²) in [6.07, 6.45) is 0. The summed E-state index contributed by atoms with van der Waals surface area (Å²) >= 11 is 0. The predicted molar refractivity (Wildman–Crippen MR) is 133 cm³/mol. The van der Waals surface area contributed by atoms with E-state index in [-0.39, 0.29) is 7.43 Å². The van der Waals surface area contributed by atoms with E-state index in [1.165, 1.54) is 11.1 Å². The van der Waals surface area contributed by atoms with E-state index >= 15 is 0 Å². The maximum absolute atomic E-state index is 5.17. The zero-order valence-corrected chi connectivity index (χ0v) is 17.1. The fourth-order valence-electron chi connectivity index (χ4n) is 3.77. The summed E-state index contributed by atoms with van der Waals surface area (Å²) in [4.78, 5) is 10.3. The maximum atomic E-state index is 5.17. The monoisotopic (exact) mass is 402 g/mol. The number of para-hydroxylation sites is 2. The van der Waals surface area contributed by atoms with Gasteiger partial charge in [0.1, 0.15) is 0 Å². The van der Waals surface area contributed by atoms with E-state index in [0.717, 1.165) is 45.1 Å². The molecule has 4 aromatic rings. The Bertz CT molecular complexity index is 1170. The minimum atomic E-state index is 0. The number of nitrogens with zero attached hydrogens (tertiary/aromatic N) is 2. The molecule has 2 heteroatoms. The van der Waals surface area contributed by atoms with Crippen LogP contribution in [0.2, 0.25) is 0 Å². The Morgan fingerprint density at radius 2 is 0.806 bits per heavy atom. The first kappa shape index (κ1) is 20.5. The van der Waals surface area contributed by atoms with Crippen LogP contribution in [-0.2, 0) is 0 Å². The lowest BCUT2D eigenvalue weighted by Crippen LogP contribution is -2.10. The van der Waals surface area contributed by atoms with Gasteiger partial charge in [0.25, 0.3) is 0 Å². The number of aryl methyl sites for hydroxylation is 2. The van der Waals surface area contributed by atoms with Gasteiger partial charge >= 0.3 is 0 Å². The summed E-state index contributed by atoms with van der Waals surface area (Å²) in [7, 11) is 0. The van der Waals surface area contributed by atoms with Crippen molar-refractivity contribution in [3.8, 4) is 0 Å². The standard InChI is InChI=1S/C28H22N2.CH4/c1-19-11-15-21(16-12-19)27-23-7-3-5-9-25(23)30-28(22-17-13-20(2)14-18-22)24-8-4-6-10-26(24)29-27;/h3-18H,1-2H3;1H4. The van der Waals surface area contributed by atoms with Crippen molar-refractivity contribution in [2.45, 2.75) is 21.3 Å². The topological polar surface area (TPSA) is 24.7 Å². The number of rotatable bonds is 2. The second-order valence-electron chi connectivity index (χ2n) is 7.69. The minimum absolute atomic E-state index is 0. The largest absolute Gasteiger partial charge is 0.247 e. The van der Waals surface area contributed by atoms with Gasteiger partial charge in [0, 0.05) is 22.3 Å². The Balaban J connectivity index is 0.00000231. The summed E-state index contributed by atoms with van der Waals surface area (Å²) in [5.74, 6) is 0. The molecule has 1 aliphatic heterocycles. The van der Waals surface area contributed by atoms with Crippen molar-refractivity contribution in [2.75, 3.05) is 0 Å². The van der Waals surface area contributed by atoms with Crippen LogP contribution in [0.3, 0.4) is 0 Å². The lowest BCUT2D eigenvalue weighted by molar-refractivity contribution is 1.38. The Labute approximate surface area is 184 Å². The fourth-order valence-corrected chi connectivity index (χ4v) is 3.77. The quantitative estimate of drug-likeness (QED) is 0.290. The van der Waals surface area contributed by atoms with Crippen LogP contribution in [0.1, 0.15) is 40.8 Å². The minimum Gasteiger partial charge on any atom is -0.247 e. The molecule has 1 aliphatic rings. The number of hydrogen-bond acceptors (Lipinski definition) is 2. The molecule has 2 nitrogen and oxygen atoms in total. The highest BCUT2D eigenvalue weighted by atomic mass is 14.8. The molecule has 0 unspecified atom stereocenters. The van der Waals surface area contributed by atoms with Crippen molar-refractivity contribution in [3.05, 3.63) is 130 Å². The lowest BCUT2D eigenvalue weighted by Gasteiger charge is -2.18. The van der Waals surface area contributed by atoms with Gasteiger partial charge in [-0.15, -0.1) is 0 Å². The summed E-state index contributed by atoms with van der Waals surface area (Å²) < 4.78 is 0. The SMILES string of the molecule is C.Cc1ccc(C2=Nc3ccccc3C(c3ccc(C)cc3)=Nc3ccccc32)cc1. The number of benzene rings is 4. The molecule has 0 aliphatic carbocycles. The van der Waals surface area contributed by atoms with Crippen molar-refractivity contribution in [3.63, 3.8) is 0 Å². The zero-order valence-electron chi connectivity index (χ0n) is 17.1. The molecule has 0 saturated heterocycles. The predicted octanol–water partition coefficient (Wildman–Crippen LogP) is 7.59. The molecule has 31 heavy (non-hydrogen) atoms. The molecule has 0 amide bonds. The molecule has 0 radical (unpaired) electrons. The van der Waals surface area contributed by atoms with E-state index in [2.05, 4.69) is 98.8 Å². The zero-order chi connectivity index (χ0) is 20.5. The van der Waals surface area contributed by atoms with Crippen molar-refractivity contribution >= 4 is 22.8 Å². The molecule has 0 fully saturated rings. The second-order valence-corrected chi connectivity index (χ2v) is 7.69. The van der Waals surface area contributed by atoms with E-state index < -0.39 is 0 Å². The van der Waals surface area contributed by atoms with Crippen molar-refractivity contribution in [2.24, 2.45) is 9.98 Å². The van der Waals surface area contributed by atoms with Crippen LogP contribution < -0.4 is 0 Å². The molecule has 0 atom stereocenters. The third-order valence-electron chi connectivity index (χ3n) is 5.43. The normalized spacial score (nSPS) is 12.3.